The van der Waals surface area contributed by atoms with E-state index in [-0.39, 0.29) is 47.9 Å². The van der Waals surface area contributed by atoms with Crippen molar-refractivity contribution < 1.29 is 27.9 Å². The molecule has 212 valence electrons. The number of halogens is 6. The minimum absolute atomic E-state index is 0.0113. The van der Waals surface area contributed by atoms with Gasteiger partial charge in [0.1, 0.15) is 5.69 Å². The van der Waals surface area contributed by atoms with Crippen LogP contribution in [-0.2, 0) is 17.5 Å². The third-order valence-electron chi connectivity index (χ3n) is 6.27. The first kappa shape index (κ1) is 30.4. The molecule has 0 spiro atoms. The van der Waals surface area contributed by atoms with Gasteiger partial charge in [0, 0.05) is 52.4 Å². The van der Waals surface area contributed by atoms with E-state index in [0.29, 0.717) is 26.9 Å². The highest BCUT2D eigenvalue weighted by Crippen LogP contribution is 2.38. The second-order valence-corrected chi connectivity index (χ2v) is 10.4. The Kier molecular flexibility index (Phi) is 9.58. The van der Waals surface area contributed by atoms with Crippen LogP contribution in [0.25, 0.3) is 22.3 Å². The second-order valence-electron chi connectivity index (χ2n) is 9.14. The largest absolute Gasteiger partial charge is 0.481 e. The number of hydrogen-bond acceptors (Lipinski definition) is 4. The van der Waals surface area contributed by atoms with Crippen molar-refractivity contribution in [2.24, 2.45) is 0 Å². The third-order valence-corrected chi connectivity index (χ3v) is 7.17. The lowest BCUT2D eigenvalue weighted by molar-refractivity contribution is -0.138. The monoisotopic (exact) mass is 620 g/mol. The highest BCUT2D eigenvalue weighted by Gasteiger charge is 2.32. The van der Waals surface area contributed by atoms with E-state index in [1.165, 1.54) is 18.3 Å². The summed E-state index contributed by atoms with van der Waals surface area (Å²) in [5.41, 5.74) is 2.35. The van der Waals surface area contributed by atoms with Crippen LogP contribution < -0.4 is 5.32 Å². The Hall–Kier alpha value is -3.59. The first-order valence-electron chi connectivity index (χ1n) is 12.3. The smallest absolute Gasteiger partial charge is 0.416 e. The zero-order chi connectivity index (χ0) is 29.7. The van der Waals surface area contributed by atoms with Gasteiger partial charge in [-0.2, -0.15) is 13.2 Å². The van der Waals surface area contributed by atoms with Crippen LogP contribution in [0.5, 0.6) is 0 Å². The van der Waals surface area contributed by atoms with Crippen molar-refractivity contribution >= 4 is 52.2 Å². The van der Waals surface area contributed by atoms with Crippen molar-refractivity contribution in [3.05, 3.63) is 105 Å². The molecule has 0 radical (unpaired) electrons. The number of rotatable bonds is 10. The van der Waals surface area contributed by atoms with Crippen LogP contribution in [0.15, 0.2) is 72.9 Å². The van der Waals surface area contributed by atoms with Crippen molar-refractivity contribution in [2.45, 2.75) is 32.0 Å². The molecule has 5 nitrogen and oxygen atoms in total. The van der Waals surface area contributed by atoms with Gasteiger partial charge in [0.05, 0.1) is 10.6 Å². The molecule has 0 atom stereocenters. The van der Waals surface area contributed by atoms with Crippen LogP contribution in [0.3, 0.4) is 0 Å². The molecule has 0 saturated carbocycles. The van der Waals surface area contributed by atoms with E-state index in [4.69, 9.17) is 39.9 Å². The fourth-order valence-electron chi connectivity index (χ4n) is 4.16. The van der Waals surface area contributed by atoms with Crippen molar-refractivity contribution in [1.29, 1.82) is 0 Å². The first-order chi connectivity index (χ1) is 19.4. The van der Waals surface area contributed by atoms with Gasteiger partial charge in [-0.05, 0) is 65.6 Å². The Morgan fingerprint density at radius 2 is 1.54 bits per heavy atom. The van der Waals surface area contributed by atoms with Crippen LogP contribution in [0.1, 0.15) is 40.9 Å². The molecule has 0 aliphatic heterocycles. The summed E-state index contributed by atoms with van der Waals surface area (Å²) < 4.78 is 40.9. The molecule has 3 aromatic carbocycles. The van der Waals surface area contributed by atoms with E-state index in [2.05, 4.69) is 10.3 Å². The first-order valence-corrected chi connectivity index (χ1v) is 13.5. The maximum Gasteiger partial charge on any atom is 0.416 e. The molecule has 0 bridgehead atoms. The Morgan fingerprint density at radius 1 is 0.829 bits per heavy atom. The minimum atomic E-state index is -4.64. The molecular formula is C30H22Cl3F3N2O3. The highest BCUT2D eigenvalue weighted by molar-refractivity contribution is 6.34. The average molecular weight is 622 g/mol. The number of carbonyl (C=O) groups is 2. The number of carboxylic acids is 1. The number of ketones is 1. The van der Waals surface area contributed by atoms with Crippen molar-refractivity contribution in [2.75, 3.05) is 5.32 Å². The molecular weight excluding hydrogens is 600 g/mol. The lowest BCUT2D eigenvalue weighted by Crippen LogP contribution is -2.09. The molecule has 1 heterocycles. The number of carbonyl (C=O) groups excluding carboxylic acids is 1. The zero-order valence-electron chi connectivity index (χ0n) is 21.2. The van der Waals surface area contributed by atoms with E-state index in [1.807, 2.05) is 18.2 Å². The average Bonchev–Trinajstić information content (AvgIpc) is 2.92. The van der Waals surface area contributed by atoms with Crippen LogP contribution in [0.2, 0.25) is 15.1 Å². The normalized spacial score (nSPS) is 11.4. The summed E-state index contributed by atoms with van der Waals surface area (Å²) in [5, 5.41) is 12.9. The summed E-state index contributed by atoms with van der Waals surface area (Å²) in [7, 11) is 0. The van der Waals surface area contributed by atoms with Gasteiger partial charge in [0.2, 0.25) is 0 Å². The number of pyridine rings is 1. The van der Waals surface area contributed by atoms with Crippen LogP contribution >= 0.6 is 34.8 Å². The fourth-order valence-corrected chi connectivity index (χ4v) is 4.86. The van der Waals surface area contributed by atoms with Crippen molar-refractivity contribution in [3.8, 4) is 22.3 Å². The number of nitrogens with zero attached hydrogens (tertiary/aromatic N) is 1. The van der Waals surface area contributed by atoms with E-state index in [0.717, 1.165) is 23.3 Å². The summed E-state index contributed by atoms with van der Waals surface area (Å²) in [5.74, 6) is -1.37. The number of hydrogen-bond donors (Lipinski definition) is 2. The van der Waals surface area contributed by atoms with Gasteiger partial charge in [0.15, 0.2) is 5.78 Å². The molecule has 0 amide bonds. The number of nitrogens with one attached hydrogen (secondary N) is 1. The number of anilines is 1. The molecule has 0 aliphatic carbocycles. The second kappa shape index (κ2) is 12.9. The lowest BCUT2D eigenvalue weighted by atomic mass is 9.97. The summed E-state index contributed by atoms with van der Waals surface area (Å²) in [6.07, 6.45) is -3.34. The maximum atomic E-state index is 13.6. The standard InChI is InChI=1S/C30H22Cl3F3N2O3/c31-20-7-4-17(5-8-20)22-10-9-21(14-26(22)33)37-16-24-23(12-19(13-25(24)32)30(34,35)36)18-6-11-27(38-15-18)28(39)2-1-3-29(40)41/h4-15,37H,1-3,16H2,(H,40,41). The van der Waals surface area contributed by atoms with E-state index in [1.54, 1.807) is 24.3 Å². The molecule has 1 aromatic heterocycles. The highest BCUT2D eigenvalue weighted by atomic mass is 35.5. The molecule has 4 rings (SSSR count). The summed E-state index contributed by atoms with van der Waals surface area (Å²) in [6.45, 7) is 0.0682. The molecule has 41 heavy (non-hydrogen) atoms. The minimum Gasteiger partial charge on any atom is -0.481 e. The van der Waals surface area contributed by atoms with Crippen LogP contribution in [-0.4, -0.2) is 21.8 Å². The predicted molar refractivity (Wildman–Crippen MR) is 155 cm³/mol. The third kappa shape index (κ3) is 7.79. The molecule has 2 N–H and O–H groups in total. The Labute approximate surface area is 248 Å². The van der Waals surface area contributed by atoms with Crippen molar-refractivity contribution in [1.82, 2.24) is 4.98 Å². The van der Waals surface area contributed by atoms with Crippen molar-refractivity contribution in [3.63, 3.8) is 0 Å². The van der Waals surface area contributed by atoms with Gasteiger partial charge in [-0.3, -0.25) is 14.6 Å². The topological polar surface area (TPSA) is 79.3 Å². The zero-order valence-corrected chi connectivity index (χ0v) is 23.5. The number of benzene rings is 3. The summed E-state index contributed by atoms with van der Waals surface area (Å²) in [6, 6.07) is 17.3. The lowest BCUT2D eigenvalue weighted by Gasteiger charge is -2.17. The number of alkyl halides is 3. The van der Waals surface area contributed by atoms with Gasteiger partial charge < -0.3 is 10.4 Å². The van der Waals surface area contributed by atoms with Gasteiger partial charge in [0.25, 0.3) is 0 Å². The van der Waals surface area contributed by atoms with Crippen LogP contribution in [0, 0.1) is 0 Å². The van der Waals surface area contributed by atoms with Gasteiger partial charge in [-0.15, -0.1) is 0 Å². The van der Waals surface area contributed by atoms with E-state index < -0.39 is 17.7 Å². The Bertz CT molecular complexity index is 1580. The Balaban J connectivity index is 1.60. The molecule has 0 fully saturated rings. The van der Waals surface area contributed by atoms with Gasteiger partial charge in [-0.25, -0.2) is 0 Å². The van der Waals surface area contributed by atoms with Crippen LogP contribution in [0.4, 0.5) is 18.9 Å². The quantitative estimate of drug-likeness (QED) is 0.173. The van der Waals surface area contributed by atoms with Gasteiger partial charge >= 0.3 is 12.1 Å². The molecule has 0 unspecified atom stereocenters. The fraction of sp³-hybridized carbons (Fsp3) is 0.167. The summed E-state index contributed by atoms with van der Waals surface area (Å²) in [4.78, 5) is 27.2. The van der Waals surface area contributed by atoms with E-state index >= 15 is 0 Å². The molecule has 4 aromatic rings. The van der Waals surface area contributed by atoms with Gasteiger partial charge in [-0.1, -0.05) is 59.1 Å². The Morgan fingerprint density at radius 3 is 2.15 bits per heavy atom. The number of Topliss-reactive ketones (excluding diaryl/α,β-unsaturated/α-hetero) is 1. The maximum absolute atomic E-state index is 13.6. The SMILES string of the molecule is O=C(O)CCCC(=O)c1ccc(-c2cc(C(F)(F)F)cc(Cl)c2CNc2ccc(-c3ccc(Cl)cc3)c(Cl)c2)cn1. The number of aliphatic carboxylic acids is 1. The number of aromatic nitrogens is 1. The summed E-state index contributed by atoms with van der Waals surface area (Å²) >= 11 is 18.8. The predicted octanol–water partition coefficient (Wildman–Crippen LogP) is 9.44. The molecule has 11 heteroatoms. The van der Waals surface area contributed by atoms with E-state index in [9.17, 15) is 22.8 Å². The number of carboxylic acid groups (broad SMARTS) is 1. The molecule has 0 saturated heterocycles. The molecule has 0 aliphatic rings.